The van der Waals surface area contributed by atoms with Crippen LogP contribution in [0, 0.1) is 0 Å². The highest BCUT2D eigenvalue weighted by molar-refractivity contribution is 4.92. The van der Waals surface area contributed by atoms with E-state index in [0.717, 1.165) is 52.2 Å². The molecular formula is C12H21N3O. The van der Waals surface area contributed by atoms with Crippen molar-refractivity contribution < 1.29 is 4.74 Å². The number of hydrogen-bond acceptors (Lipinski definition) is 3. The second-order valence-electron chi connectivity index (χ2n) is 4.24. The highest BCUT2D eigenvalue weighted by Crippen LogP contribution is 2.03. The summed E-state index contributed by atoms with van der Waals surface area (Å²) in [6.45, 7) is 8.25. The maximum absolute atomic E-state index is 5.34. The largest absolute Gasteiger partial charge is 0.379 e. The van der Waals surface area contributed by atoms with E-state index in [2.05, 4.69) is 27.6 Å². The van der Waals surface area contributed by atoms with Gasteiger partial charge in [0.25, 0.3) is 0 Å². The zero-order valence-electron chi connectivity index (χ0n) is 10.1. The lowest BCUT2D eigenvalue weighted by atomic mass is 10.3. The average molecular weight is 223 g/mol. The van der Waals surface area contributed by atoms with Crippen molar-refractivity contribution in [1.29, 1.82) is 0 Å². The highest BCUT2D eigenvalue weighted by atomic mass is 16.5. The second kappa shape index (κ2) is 6.01. The molecule has 4 heteroatoms. The zero-order chi connectivity index (χ0) is 11.2. The summed E-state index contributed by atoms with van der Waals surface area (Å²) in [7, 11) is 0. The van der Waals surface area contributed by atoms with Crippen LogP contribution in [0.1, 0.15) is 19.2 Å². The van der Waals surface area contributed by atoms with Crippen molar-refractivity contribution in [1.82, 2.24) is 14.5 Å². The van der Waals surface area contributed by atoms with Crippen molar-refractivity contribution in [2.45, 2.75) is 26.3 Å². The topological polar surface area (TPSA) is 30.3 Å². The minimum atomic E-state index is 0.881. The van der Waals surface area contributed by atoms with Crippen LogP contribution >= 0.6 is 0 Å². The van der Waals surface area contributed by atoms with Gasteiger partial charge in [0.1, 0.15) is 5.82 Å². The second-order valence-corrected chi connectivity index (χ2v) is 4.24. The monoisotopic (exact) mass is 223 g/mol. The Morgan fingerprint density at radius 3 is 2.88 bits per heavy atom. The summed E-state index contributed by atoms with van der Waals surface area (Å²) >= 11 is 0. The van der Waals surface area contributed by atoms with Crippen molar-refractivity contribution in [2.24, 2.45) is 0 Å². The lowest BCUT2D eigenvalue weighted by molar-refractivity contribution is 0.0363. The van der Waals surface area contributed by atoms with E-state index < -0.39 is 0 Å². The van der Waals surface area contributed by atoms with Gasteiger partial charge >= 0.3 is 0 Å². The Labute approximate surface area is 97.2 Å². The molecule has 0 radical (unpaired) electrons. The third-order valence-electron chi connectivity index (χ3n) is 3.04. The molecule has 1 aromatic heterocycles. The summed E-state index contributed by atoms with van der Waals surface area (Å²) in [5, 5.41) is 0. The minimum Gasteiger partial charge on any atom is -0.379 e. The first-order valence-corrected chi connectivity index (χ1v) is 6.20. The summed E-state index contributed by atoms with van der Waals surface area (Å²) < 4.78 is 7.61. The van der Waals surface area contributed by atoms with Gasteiger partial charge in [-0.2, -0.15) is 0 Å². The SMILES string of the molecule is CCCc1nccn1CCN1CCOCC1. The van der Waals surface area contributed by atoms with Crippen molar-refractivity contribution in [2.75, 3.05) is 32.8 Å². The van der Waals surface area contributed by atoms with Crippen LogP contribution in [0.25, 0.3) is 0 Å². The molecule has 0 spiro atoms. The Morgan fingerprint density at radius 1 is 1.31 bits per heavy atom. The Bertz CT molecular complexity index is 305. The van der Waals surface area contributed by atoms with Gasteiger partial charge in [-0.3, -0.25) is 4.90 Å². The Hall–Kier alpha value is -0.870. The lowest BCUT2D eigenvalue weighted by Crippen LogP contribution is -2.38. The van der Waals surface area contributed by atoms with Crippen molar-refractivity contribution in [3.8, 4) is 0 Å². The van der Waals surface area contributed by atoms with Crippen LogP contribution in [0.5, 0.6) is 0 Å². The van der Waals surface area contributed by atoms with Crippen LogP contribution in [0.2, 0.25) is 0 Å². The van der Waals surface area contributed by atoms with E-state index in [9.17, 15) is 0 Å². The summed E-state index contributed by atoms with van der Waals surface area (Å²) in [5.41, 5.74) is 0. The first-order valence-electron chi connectivity index (χ1n) is 6.20. The number of nitrogens with zero attached hydrogens (tertiary/aromatic N) is 3. The van der Waals surface area contributed by atoms with Crippen LogP contribution in [-0.4, -0.2) is 47.3 Å². The summed E-state index contributed by atoms with van der Waals surface area (Å²) in [6.07, 6.45) is 6.24. The predicted molar refractivity (Wildman–Crippen MR) is 63.5 cm³/mol. The number of hydrogen-bond donors (Lipinski definition) is 0. The minimum absolute atomic E-state index is 0.881. The first kappa shape index (κ1) is 11.6. The fourth-order valence-electron chi connectivity index (χ4n) is 2.07. The standard InChI is InChI=1S/C12H21N3O/c1-2-3-12-13-4-5-15(12)7-6-14-8-10-16-11-9-14/h4-5H,2-3,6-11H2,1H3. The fourth-order valence-corrected chi connectivity index (χ4v) is 2.07. The van der Waals surface area contributed by atoms with Gasteiger partial charge in [-0.25, -0.2) is 4.98 Å². The highest BCUT2D eigenvalue weighted by Gasteiger charge is 2.10. The molecule has 0 N–H and O–H groups in total. The van der Waals surface area contributed by atoms with Crippen LogP contribution < -0.4 is 0 Å². The molecule has 0 atom stereocenters. The van der Waals surface area contributed by atoms with Gasteiger partial charge in [0.15, 0.2) is 0 Å². The maximum Gasteiger partial charge on any atom is 0.108 e. The summed E-state index contributed by atoms with van der Waals surface area (Å²) in [4.78, 5) is 6.85. The Morgan fingerprint density at radius 2 is 2.12 bits per heavy atom. The molecule has 0 aromatic carbocycles. The molecule has 0 bridgehead atoms. The molecule has 0 amide bonds. The molecule has 0 saturated carbocycles. The quantitative estimate of drug-likeness (QED) is 0.750. The van der Waals surface area contributed by atoms with E-state index in [1.54, 1.807) is 0 Å². The van der Waals surface area contributed by atoms with Crippen LogP contribution in [-0.2, 0) is 17.7 Å². The van der Waals surface area contributed by atoms with E-state index in [0.29, 0.717) is 0 Å². The molecule has 1 aliphatic rings. The molecular weight excluding hydrogens is 202 g/mol. The van der Waals surface area contributed by atoms with Gasteiger partial charge in [0.2, 0.25) is 0 Å². The van der Waals surface area contributed by atoms with Gasteiger partial charge in [-0.1, -0.05) is 6.92 Å². The number of aryl methyl sites for hydroxylation is 1. The Balaban J connectivity index is 1.81. The molecule has 1 aliphatic heterocycles. The third-order valence-corrected chi connectivity index (χ3v) is 3.04. The molecule has 0 aliphatic carbocycles. The number of ether oxygens (including phenoxy) is 1. The predicted octanol–water partition coefficient (Wildman–Crippen LogP) is 1.17. The number of morpholine rings is 1. The number of aromatic nitrogens is 2. The van der Waals surface area contributed by atoms with Gasteiger partial charge < -0.3 is 9.30 Å². The number of imidazole rings is 1. The van der Waals surface area contributed by atoms with Gasteiger partial charge in [-0.05, 0) is 6.42 Å². The average Bonchev–Trinajstić information content (AvgIpc) is 2.76. The Kier molecular flexibility index (Phi) is 4.36. The molecule has 4 nitrogen and oxygen atoms in total. The first-order chi connectivity index (χ1) is 7.90. The molecule has 1 saturated heterocycles. The fraction of sp³-hybridized carbons (Fsp3) is 0.750. The molecule has 0 unspecified atom stereocenters. The zero-order valence-corrected chi connectivity index (χ0v) is 10.1. The van der Waals surface area contributed by atoms with Gasteiger partial charge in [-0.15, -0.1) is 0 Å². The van der Waals surface area contributed by atoms with Crippen LogP contribution in [0.3, 0.4) is 0 Å². The van der Waals surface area contributed by atoms with E-state index >= 15 is 0 Å². The lowest BCUT2D eigenvalue weighted by Gasteiger charge is -2.26. The number of rotatable bonds is 5. The van der Waals surface area contributed by atoms with Gasteiger partial charge in [0.05, 0.1) is 13.2 Å². The third kappa shape index (κ3) is 3.06. The van der Waals surface area contributed by atoms with E-state index in [1.165, 1.54) is 5.82 Å². The molecule has 90 valence electrons. The summed E-state index contributed by atoms with van der Waals surface area (Å²) in [5.74, 6) is 1.22. The summed E-state index contributed by atoms with van der Waals surface area (Å²) in [6, 6.07) is 0. The van der Waals surface area contributed by atoms with E-state index in [1.807, 2.05) is 6.20 Å². The molecule has 2 heterocycles. The molecule has 1 fully saturated rings. The van der Waals surface area contributed by atoms with Crippen LogP contribution in [0.15, 0.2) is 12.4 Å². The smallest absolute Gasteiger partial charge is 0.108 e. The van der Waals surface area contributed by atoms with E-state index in [-0.39, 0.29) is 0 Å². The van der Waals surface area contributed by atoms with Crippen molar-refractivity contribution in [3.05, 3.63) is 18.2 Å². The van der Waals surface area contributed by atoms with Crippen LogP contribution in [0.4, 0.5) is 0 Å². The molecule has 1 aromatic rings. The van der Waals surface area contributed by atoms with E-state index in [4.69, 9.17) is 4.74 Å². The molecule has 2 rings (SSSR count). The van der Waals surface area contributed by atoms with Crippen molar-refractivity contribution >= 4 is 0 Å². The van der Waals surface area contributed by atoms with Crippen molar-refractivity contribution in [3.63, 3.8) is 0 Å². The normalized spacial score (nSPS) is 17.8. The molecule has 16 heavy (non-hydrogen) atoms. The maximum atomic E-state index is 5.34. The van der Waals surface area contributed by atoms with Gasteiger partial charge in [0, 0.05) is 45.0 Å².